The summed E-state index contributed by atoms with van der Waals surface area (Å²) in [6.45, 7) is 1.09. The van der Waals surface area contributed by atoms with Gasteiger partial charge in [0.15, 0.2) is 0 Å². The van der Waals surface area contributed by atoms with Crippen molar-refractivity contribution in [2.75, 3.05) is 11.9 Å². The minimum Gasteiger partial charge on any atom is -0.369 e. The maximum atomic E-state index is 13.1. The second kappa shape index (κ2) is 5.60. The first-order valence-electron chi connectivity index (χ1n) is 5.79. The molecule has 4 heteroatoms. The monoisotopic (exact) mass is 245 g/mol. The van der Waals surface area contributed by atoms with Gasteiger partial charge < -0.3 is 10.6 Å². The summed E-state index contributed by atoms with van der Waals surface area (Å²) in [7, 11) is 1.95. The van der Waals surface area contributed by atoms with E-state index in [-0.39, 0.29) is 5.82 Å². The van der Waals surface area contributed by atoms with Crippen molar-refractivity contribution in [1.82, 2.24) is 4.98 Å². The highest BCUT2D eigenvalue weighted by atomic mass is 19.1. The number of hydrogen-bond donors (Lipinski definition) is 1. The number of halogens is 1. The Bertz CT molecular complexity index is 528. The van der Waals surface area contributed by atoms with Crippen molar-refractivity contribution in [2.24, 2.45) is 5.73 Å². The zero-order valence-corrected chi connectivity index (χ0v) is 10.3. The molecule has 0 bridgehead atoms. The number of nitrogens with two attached hydrogens (primary N) is 1. The van der Waals surface area contributed by atoms with E-state index in [1.54, 1.807) is 18.5 Å². The lowest BCUT2D eigenvalue weighted by Crippen LogP contribution is -2.19. The van der Waals surface area contributed by atoms with Crippen molar-refractivity contribution in [3.63, 3.8) is 0 Å². The second-order valence-corrected chi connectivity index (χ2v) is 4.19. The summed E-state index contributed by atoms with van der Waals surface area (Å²) in [4.78, 5) is 6.12. The summed E-state index contributed by atoms with van der Waals surface area (Å²) in [5, 5.41) is 0. The molecular weight excluding hydrogens is 229 g/mol. The largest absolute Gasteiger partial charge is 0.369 e. The highest BCUT2D eigenvalue weighted by Crippen LogP contribution is 2.19. The Morgan fingerprint density at radius 1 is 1.33 bits per heavy atom. The van der Waals surface area contributed by atoms with Gasteiger partial charge in [0.25, 0.3) is 0 Å². The number of anilines is 1. The molecular formula is C14H16FN3. The van der Waals surface area contributed by atoms with E-state index in [0.717, 1.165) is 16.8 Å². The molecule has 0 atom stereocenters. The molecule has 0 unspecified atom stereocenters. The van der Waals surface area contributed by atoms with E-state index in [1.807, 2.05) is 24.1 Å². The van der Waals surface area contributed by atoms with Crippen LogP contribution in [-0.4, -0.2) is 12.0 Å². The molecule has 1 aromatic heterocycles. The molecule has 0 aliphatic rings. The number of rotatable bonds is 4. The van der Waals surface area contributed by atoms with Crippen LogP contribution >= 0.6 is 0 Å². The molecule has 94 valence electrons. The van der Waals surface area contributed by atoms with Crippen LogP contribution in [0.25, 0.3) is 0 Å². The standard InChI is InChI=1S/C14H16FN3/c1-18(10-11-3-2-4-13(15)7-11)14-9-17-6-5-12(14)8-16/h2-7,9H,8,10,16H2,1H3. The number of aromatic nitrogens is 1. The lowest BCUT2D eigenvalue weighted by molar-refractivity contribution is 0.625. The number of nitrogens with zero attached hydrogens (tertiary/aromatic N) is 2. The van der Waals surface area contributed by atoms with Crippen LogP contribution in [0.1, 0.15) is 11.1 Å². The van der Waals surface area contributed by atoms with Gasteiger partial charge in [-0.05, 0) is 29.3 Å². The Balaban J connectivity index is 2.19. The van der Waals surface area contributed by atoms with Crippen LogP contribution in [0, 0.1) is 5.82 Å². The van der Waals surface area contributed by atoms with E-state index in [9.17, 15) is 4.39 Å². The van der Waals surface area contributed by atoms with E-state index in [2.05, 4.69) is 4.98 Å². The third kappa shape index (κ3) is 2.84. The van der Waals surface area contributed by atoms with Crippen molar-refractivity contribution >= 4 is 5.69 Å². The Morgan fingerprint density at radius 2 is 2.17 bits per heavy atom. The Kier molecular flexibility index (Phi) is 3.89. The molecule has 18 heavy (non-hydrogen) atoms. The smallest absolute Gasteiger partial charge is 0.123 e. The first kappa shape index (κ1) is 12.5. The fourth-order valence-electron chi connectivity index (χ4n) is 1.93. The highest BCUT2D eigenvalue weighted by molar-refractivity contribution is 5.51. The molecule has 0 fully saturated rings. The van der Waals surface area contributed by atoms with E-state index in [1.165, 1.54) is 12.1 Å². The molecule has 1 heterocycles. The van der Waals surface area contributed by atoms with Crippen molar-refractivity contribution in [3.05, 3.63) is 59.7 Å². The van der Waals surface area contributed by atoms with Gasteiger partial charge in [0.05, 0.1) is 11.9 Å². The SMILES string of the molecule is CN(Cc1cccc(F)c1)c1cnccc1CN. The van der Waals surface area contributed by atoms with E-state index >= 15 is 0 Å². The van der Waals surface area contributed by atoms with Gasteiger partial charge in [0.2, 0.25) is 0 Å². The van der Waals surface area contributed by atoms with Crippen LogP contribution in [0.15, 0.2) is 42.7 Å². The normalized spacial score (nSPS) is 10.4. The molecule has 0 saturated carbocycles. The maximum absolute atomic E-state index is 13.1. The van der Waals surface area contributed by atoms with Gasteiger partial charge in [-0.3, -0.25) is 4.98 Å². The summed E-state index contributed by atoms with van der Waals surface area (Å²) in [5.74, 6) is -0.217. The zero-order valence-electron chi connectivity index (χ0n) is 10.3. The molecule has 0 spiro atoms. The third-order valence-electron chi connectivity index (χ3n) is 2.83. The quantitative estimate of drug-likeness (QED) is 0.898. The van der Waals surface area contributed by atoms with Crippen molar-refractivity contribution in [2.45, 2.75) is 13.1 Å². The van der Waals surface area contributed by atoms with E-state index in [4.69, 9.17) is 5.73 Å². The summed E-state index contributed by atoms with van der Waals surface area (Å²) in [6.07, 6.45) is 3.50. The topological polar surface area (TPSA) is 42.2 Å². The van der Waals surface area contributed by atoms with Crippen LogP contribution in [0.2, 0.25) is 0 Å². The van der Waals surface area contributed by atoms with Crippen molar-refractivity contribution in [3.8, 4) is 0 Å². The Labute approximate surface area is 106 Å². The molecule has 0 amide bonds. The summed E-state index contributed by atoms with van der Waals surface area (Å²) >= 11 is 0. The molecule has 0 aliphatic carbocycles. The second-order valence-electron chi connectivity index (χ2n) is 4.19. The number of benzene rings is 1. The Hall–Kier alpha value is -1.94. The molecule has 0 aliphatic heterocycles. The summed E-state index contributed by atoms with van der Waals surface area (Å²) < 4.78 is 13.1. The molecule has 0 radical (unpaired) electrons. The highest BCUT2D eigenvalue weighted by Gasteiger charge is 2.07. The van der Waals surface area contributed by atoms with Gasteiger partial charge in [0.1, 0.15) is 5.82 Å². The predicted molar refractivity (Wildman–Crippen MR) is 70.6 cm³/mol. The molecule has 2 rings (SSSR count). The van der Waals surface area contributed by atoms with E-state index in [0.29, 0.717) is 13.1 Å². The van der Waals surface area contributed by atoms with E-state index < -0.39 is 0 Å². The van der Waals surface area contributed by atoms with Crippen molar-refractivity contribution in [1.29, 1.82) is 0 Å². The van der Waals surface area contributed by atoms with Crippen molar-refractivity contribution < 1.29 is 4.39 Å². The van der Waals surface area contributed by atoms with Gasteiger partial charge in [-0.25, -0.2) is 4.39 Å². The molecule has 2 N–H and O–H groups in total. The van der Waals surface area contributed by atoms with Gasteiger partial charge in [-0.1, -0.05) is 12.1 Å². The molecule has 0 saturated heterocycles. The van der Waals surface area contributed by atoms with Crippen LogP contribution in [0.5, 0.6) is 0 Å². The number of pyridine rings is 1. The zero-order chi connectivity index (χ0) is 13.0. The van der Waals surface area contributed by atoms with Crippen LogP contribution in [0.4, 0.5) is 10.1 Å². The van der Waals surface area contributed by atoms with Crippen LogP contribution in [0.3, 0.4) is 0 Å². The van der Waals surface area contributed by atoms with Gasteiger partial charge in [0, 0.05) is 26.3 Å². The Morgan fingerprint density at radius 3 is 2.89 bits per heavy atom. The lowest BCUT2D eigenvalue weighted by Gasteiger charge is -2.21. The number of hydrogen-bond acceptors (Lipinski definition) is 3. The fraction of sp³-hybridized carbons (Fsp3) is 0.214. The first-order valence-corrected chi connectivity index (χ1v) is 5.79. The van der Waals surface area contributed by atoms with Gasteiger partial charge in [-0.15, -0.1) is 0 Å². The average Bonchev–Trinajstić information content (AvgIpc) is 2.38. The minimum absolute atomic E-state index is 0.217. The fourth-order valence-corrected chi connectivity index (χ4v) is 1.93. The minimum atomic E-state index is -0.217. The average molecular weight is 245 g/mol. The molecule has 1 aromatic carbocycles. The van der Waals surface area contributed by atoms with Crippen LogP contribution < -0.4 is 10.6 Å². The van der Waals surface area contributed by atoms with Crippen LogP contribution in [-0.2, 0) is 13.1 Å². The molecule has 2 aromatic rings. The third-order valence-corrected chi connectivity index (χ3v) is 2.83. The maximum Gasteiger partial charge on any atom is 0.123 e. The lowest BCUT2D eigenvalue weighted by atomic mass is 10.1. The van der Waals surface area contributed by atoms with Gasteiger partial charge >= 0.3 is 0 Å². The van der Waals surface area contributed by atoms with Gasteiger partial charge in [-0.2, -0.15) is 0 Å². The predicted octanol–water partition coefficient (Wildman–Crippen LogP) is 2.32. The first-order chi connectivity index (χ1) is 8.70. The summed E-state index contributed by atoms with van der Waals surface area (Å²) in [6, 6.07) is 8.49. The summed E-state index contributed by atoms with van der Waals surface area (Å²) in [5.41, 5.74) is 8.62. The molecule has 3 nitrogen and oxygen atoms in total.